The van der Waals surface area contributed by atoms with E-state index in [4.69, 9.17) is 34.8 Å². The van der Waals surface area contributed by atoms with Crippen molar-refractivity contribution < 1.29 is 0 Å². The predicted molar refractivity (Wildman–Crippen MR) is 55.1 cm³/mol. The maximum atomic E-state index is 5.70. The molecule has 0 aliphatic carbocycles. The Hall–Kier alpha value is 0.0900. The maximum absolute atomic E-state index is 5.70. The second kappa shape index (κ2) is 4.96. The van der Waals surface area contributed by atoms with Gasteiger partial charge in [-0.3, -0.25) is 0 Å². The summed E-state index contributed by atoms with van der Waals surface area (Å²) >= 11 is 17.1. The van der Waals surface area contributed by atoms with Crippen LogP contribution in [0.2, 0.25) is 0 Å². The van der Waals surface area contributed by atoms with Crippen LogP contribution in [0.5, 0.6) is 0 Å². The highest BCUT2D eigenvalue weighted by atomic mass is 35.5. The number of benzene rings is 1. The average molecular weight is 224 g/mol. The fourth-order valence-corrected chi connectivity index (χ4v) is 1.53. The van der Waals surface area contributed by atoms with Crippen LogP contribution in [0, 0.1) is 0 Å². The van der Waals surface area contributed by atoms with E-state index in [0.717, 1.165) is 16.7 Å². The average Bonchev–Trinajstić information content (AvgIpc) is 2.16. The van der Waals surface area contributed by atoms with Gasteiger partial charge < -0.3 is 0 Å². The smallest absolute Gasteiger partial charge is 0.0474 e. The first-order valence-corrected chi connectivity index (χ1v) is 5.20. The van der Waals surface area contributed by atoms with E-state index in [1.807, 2.05) is 18.2 Å². The lowest BCUT2D eigenvalue weighted by atomic mass is 10.1. The van der Waals surface area contributed by atoms with Gasteiger partial charge in [-0.1, -0.05) is 18.2 Å². The van der Waals surface area contributed by atoms with Gasteiger partial charge in [0.05, 0.1) is 0 Å². The molecule has 0 radical (unpaired) electrons. The molecule has 1 rings (SSSR count). The topological polar surface area (TPSA) is 0 Å². The highest BCUT2D eigenvalue weighted by molar-refractivity contribution is 6.18. The van der Waals surface area contributed by atoms with E-state index in [0.29, 0.717) is 17.6 Å². The normalized spacial score (nSPS) is 10.2. The van der Waals surface area contributed by atoms with Crippen LogP contribution in [0.25, 0.3) is 0 Å². The molecular formula is C9H9Cl3. The van der Waals surface area contributed by atoms with E-state index in [-0.39, 0.29) is 0 Å². The third kappa shape index (κ3) is 2.55. The van der Waals surface area contributed by atoms with Gasteiger partial charge in [0.15, 0.2) is 0 Å². The van der Waals surface area contributed by atoms with Crippen LogP contribution in [-0.4, -0.2) is 0 Å². The molecule has 1 aromatic carbocycles. The van der Waals surface area contributed by atoms with Crippen LogP contribution in [0.4, 0.5) is 0 Å². The summed E-state index contributed by atoms with van der Waals surface area (Å²) in [6, 6.07) is 5.99. The van der Waals surface area contributed by atoms with Crippen LogP contribution in [-0.2, 0) is 17.6 Å². The molecule has 0 N–H and O–H groups in total. The van der Waals surface area contributed by atoms with Crippen molar-refractivity contribution in [1.29, 1.82) is 0 Å². The highest BCUT2D eigenvalue weighted by Gasteiger charge is 1.98. The van der Waals surface area contributed by atoms with Crippen molar-refractivity contribution >= 4 is 34.8 Å². The molecule has 0 unspecified atom stereocenters. The summed E-state index contributed by atoms with van der Waals surface area (Å²) < 4.78 is 0. The molecule has 0 fully saturated rings. The van der Waals surface area contributed by atoms with E-state index in [9.17, 15) is 0 Å². The number of rotatable bonds is 3. The molecule has 0 heterocycles. The third-order valence-electron chi connectivity index (χ3n) is 1.58. The fraction of sp³-hybridized carbons (Fsp3) is 0.333. The van der Waals surface area contributed by atoms with Gasteiger partial charge in [-0.2, -0.15) is 0 Å². The van der Waals surface area contributed by atoms with E-state index in [1.54, 1.807) is 0 Å². The largest absolute Gasteiger partial charge is 0.122 e. The predicted octanol–water partition coefficient (Wildman–Crippen LogP) is 3.90. The molecule has 0 saturated carbocycles. The second-order valence-corrected chi connectivity index (χ2v) is 3.36. The van der Waals surface area contributed by atoms with Crippen molar-refractivity contribution in [2.24, 2.45) is 0 Å². The minimum Gasteiger partial charge on any atom is -0.122 e. The summed E-state index contributed by atoms with van der Waals surface area (Å²) in [5, 5.41) is 0. The van der Waals surface area contributed by atoms with Gasteiger partial charge in [0.25, 0.3) is 0 Å². The molecule has 0 bridgehead atoms. The highest BCUT2D eigenvalue weighted by Crippen LogP contribution is 2.15. The van der Waals surface area contributed by atoms with Crippen LogP contribution >= 0.6 is 34.8 Å². The quantitative estimate of drug-likeness (QED) is 0.682. The SMILES string of the molecule is ClCc1cc(CCl)cc(CCl)c1. The zero-order valence-corrected chi connectivity index (χ0v) is 8.76. The molecule has 0 amide bonds. The number of hydrogen-bond donors (Lipinski definition) is 0. The molecular weight excluding hydrogens is 214 g/mol. The first-order chi connectivity index (χ1) is 5.80. The van der Waals surface area contributed by atoms with Crippen molar-refractivity contribution in [3.63, 3.8) is 0 Å². The van der Waals surface area contributed by atoms with Gasteiger partial charge in [0, 0.05) is 17.6 Å². The maximum Gasteiger partial charge on any atom is 0.0474 e. The fourth-order valence-electron chi connectivity index (χ4n) is 1.07. The van der Waals surface area contributed by atoms with Gasteiger partial charge >= 0.3 is 0 Å². The van der Waals surface area contributed by atoms with Crippen LogP contribution < -0.4 is 0 Å². The van der Waals surface area contributed by atoms with Gasteiger partial charge in [-0.25, -0.2) is 0 Å². The Labute approximate surface area is 87.4 Å². The molecule has 0 saturated heterocycles. The molecule has 1 aromatic rings. The molecule has 0 aliphatic rings. The summed E-state index contributed by atoms with van der Waals surface area (Å²) in [5.74, 6) is 1.53. The van der Waals surface area contributed by atoms with E-state index in [2.05, 4.69) is 0 Å². The van der Waals surface area contributed by atoms with Crippen LogP contribution in [0.1, 0.15) is 16.7 Å². The zero-order chi connectivity index (χ0) is 8.97. The molecule has 3 heteroatoms. The third-order valence-corrected chi connectivity index (χ3v) is 2.50. The van der Waals surface area contributed by atoms with Gasteiger partial charge in [-0.15, -0.1) is 34.8 Å². The standard InChI is InChI=1S/C9H9Cl3/c10-4-7-1-8(5-11)3-9(2-7)6-12/h1-3H,4-6H2. The molecule has 12 heavy (non-hydrogen) atoms. The lowest BCUT2D eigenvalue weighted by Crippen LogP contribution is -1.87. The molecule has 0 aliphatic heterocycles. The van der Waals surface area contributed by atoms with Crippen molar-refractivity contribution in [3.05, 3.63) is 34.9 Å². The molecule has 66 valence electrons. The Morgan fingerprint density at radius 2 is 0.917 bits per heavy atom. The number of alkyl halides is 3. The second-order valence-electron chi connectivity index (χ2n) is 2.56. The van der Waals surface area contributed by atoms with Crippen molar-refractivity contribution in [3.8, 4) is 0 Å². The minimum absolute atomic E-state index is 0.509. The number of halogens is 3. The Bertz CT molecular complexity index is 203. The molecule has 0 atom stereocenters. The Morgan fingerprint density at radius 3 is 1.08 bits per heavy atom. The summed E-state index contributed by atoms with van der Waals surface area (Å²) in [6.07, 6.45) is 0. The summed E-state index contributed by atoms with van der Waals surface area (Å²) in [4.78, 5) is 0. The molecule has 0 nitrogen and oxygen atoms in total. The lowest BCUT2D eigenvalue weighted by molar-refractivity contribution is 1.26. The Balaban J connectivity index is 3.01. The molecule has 0 aromatic heterocycles. The first kappa shape index (κ1) is 10.2. The monoisotopic (exact) mass is 222 g/mol. The van der Waals surface area contributed by atoms with Gasteiger partial charge in [-0.05, 0) is 16.7 Å². The minimum atomic E-state index is 0.509. The lowest BCUT2D eigenvalue weighted by Gasteiger charge is -2.03. The summed E-state index contributed by atoms with van der Waals surface area (Å²) in [6.45, 7) is 0. The van der Waals surface area contributed by atoms with Crippen LogP contribution in [0.15, 0.2) is 18.2 Å². The zero-order valence-electron chi connectivity index (χ0n) is 6.49. The first-order valence-electron chi connectivity index (χ1n) is 3.59. The van der Waals surface area contributed by atoms with E-state index >= 15 is 0 Å². The summed E-state index contributed by atoms with van der Waals surface area (Å²) in [7, 11) is 0. The number of hydrogen-bond acceptors (Lipinski definition) is 0. The van der Waals surface area contributed by atoms with E-state index in [1.165, 1.54) is 0 Å². The van der Waals surface area contributed by atoms with Gasteiger partial charge in [0.2, 0.25) is 0 Å². The van der Waals surface area contributed by atoms with E-state index < -0.39 is 0 Å². The summed E-state index contributed by atoms with van der Waals surface area (Å²) in [5.41, 5.74) is 3.22. The Morgan fingerprint density at radius 1 is 0.667 bits per heavy atom. The van der Waals surface area contributed by atoms with Crippen LogP contribution in [0.3, 0.4) is 0 Å². The van der Waals surface area contributed by atoms with Crippen molar-refractivity contribution in [2.45, 2.75) is 17.6 Å². The molecule has 0 spiro atoms. The van der Waals surface area contributed by atoms with Crippen molar-refractivity contribution in [1.82, 2.24) is 0 Å². The Kier molecular flexibility index (Phi) is 4.20. The van der Waals surface area contributed by atoms with Crippen molar-refractivity contribution in [2.75, 3.05) is 0 Å². The van der Waals surface area contributed by atoms with Gasteiger partial charge in [0.1, 0.15) is 0 Å².